The van der Waals surface area contributed by atoms with E-state index in [4.69, 9.17) is 0 Å². The van der Waals surface area contributed by atoms with Crippen LogP contribution in [0.25, 0.3) is 0 Å². The molecule has 31 heavy (non-hydrogen) atoms. The standard InChI is InChI=1S/C26H27N3O2/c1-17-9-10-18(2)23(13-17)28-26(31)27-16-20-11-12-22-14-19(3)29(24(22)15-20)25(30)21-7-5-4-6-8-21/h4-13,15,19H,14,16H2,1-3H3,(H2,27,28,31). The molecule has 0 saturated heterocycles. The van der Waals surface area contributed by atoms with Crippen LogP contribution in [0.1, 0.15) is 39.5 Å². The molecule has 1 aliphatic rings. The molecule has 0 spiro atoms. The van der Waals surface area contributed by atoms with Gasteiger partial charge in [0.2, 0.25) is 0 Å². The van der Waals surface area contributed by atoms with Gasteiger partial charge in [-0.05, 0) is 73.7 Å². The van der Waals surface area contributed by atoms with Gasteiger partial charge in [-0.2, -0.15) is 0 Å². The van der Waals surface area contributed by atoms with Crippen molar-refractivity contribution in [2.75, 3.05) is 10.2 Å². The smallest absolute Gasteiger partial charge is 0.319 e. The van der Waals surface area contributed by atoms with E-state index < -0.39 is 0 Å². The lowest BCUT2D eigenvalue weighted by molar-refractivity contribution is 0.0981. The summed E-state index contributed by atoms with van der Waals surface area (Å²) in [7, 11) is 0. The molecule has 1 aliphatic heterocycles. The van der Waals surface area contributed by atoms with Gasteiger partial charge in [0.05, 0.1) is 0 Å². The fraction of sp³-hybridized carbons (Fsp3) is 0.231. The minimum atomic E-state index is -0.250. The Labute approximate surface area is 183 Å². The van der Waals surface area contributed by atoms with E-state index in [9.17, 15) is 9.59 Å². The largest absolute Gasteiger partial charge is 0.334 e. The van der Waals surface area contributed by atoms with Crippen molar-refractivity contribution in [1.82, 2.24) is 5.32 Å². The van der Waals surface area contributed by atoms with Gasteiger partial charge in [-0.15, -0.1) is 0 Å². The molecule has 2 N–H and O–H groups in total. The van der Waals surface area contributed by atoms with E-state index in [0.717, 1.165) is 40.0 Å². The van der Waals surface area contributed by atoms with Crippen LogP contribution in [-0.2, 0) is 13.0 Å². The lowest BCUT2D eigenvalue weighted by atomic mass is 10.1. The Morgan fingerprint density at radius 3 is 2.55 bits per heavy atom. The molecule has 5 nitrogen and oxygen atoms in total. The number of hydrogen-bond acceptors (Lipinski definition) is 2. The second kappa shape index (κ2) is 8.64. The molecule has 0 fully saturated rings. The molecule has 4 rings (SSSR count). The highest BCUT2D eigenvalue weighted by Crippen LogP contribution is 2.34. The predicted molar refractivity (Wildman–Crippen MR) is 125 cm³/mol. The van der Waals surface area contributed by atoms with Gasteiger partial charge in [0.15, 0.2) is 0 Å². The number of carbonyl (C=O) groups excluding carboxylic acids is 2. The summed E-state index contributed by atoms with van der Waals surface area (Å²) in [6, 6.07) is 21.3. The normalized spacial score (nSPS) is 14.8. The monoisotopic (exact) mass is 413 g/mol. The first-order valence-electron chi connectivity index (χ1n) is 10.5. The fourth-order valence-electron chi connectivity index (χ4n) is 4.01. The summed E-state index contributed by atoms with van der Waals surface area (Å²) < 4.78 is 0. The van der Waals surface area contributed by atoms with Crippen molar-refractivity contribution in [3.63, 3.8) is 0 Å². The Balaban J connectivity index is 1.47. The predicted octanol–water partition coefficient (Wildman–Crippen LogP) is 5.22. The number of rotatable bonds is 4. The number of urea groups is 1. The average Bonchev–Trinajstić information content (AvgIpc) is 3.10. The molecule has 0 aliphatic carbocycles. The third-order valence-corrected chi connectivity index (χ3v) is 5.70. The van der Waals surface area contributed by atoms with Crippen LogP contribution in [0.5, 0.6) is 0 Å². The SMILES string of the molecule is Cc1ccc(C)c(NC(=O)NCc2ccc3c(c2)N(C(=O)c2ccccc2)C(C)C3)c1. The van der Waals surface area contributed by atoms with Gasteiger partial charge in [-0.3, -0.25) is 4.79 Å². The number of benzene rings is 3. The minimum Gasteiger partial charge on any atom is -0.334 e. The Morgan fingerprint density at radius 1 is 1.00 bits per heavy atom. The molecule has 0 saturated carbocycles. The molecule has 3 amide bonds. The molecule has 3 aromatic rings. The van der Waals surface area contributed by atoms with Gasteiger partial charge in [0, 0.05) is 29.5 Å². The number of aryl methyl sites for hydroxylation is 2. The van der Waals surface area contributed by atoms with Gasteiger partial charge in [-0.25, -0.2) is 4.79 Å². The maximum absolute atomic E-state index is 13.1. The molecule has 5 heteroatoms. The van der Waals surface area contributed by atoms with E-state index in [2.05, 4.69) is 23.6 Å². The van der Waals surface area contributed by atoms with E-state index in [1.165, 1.54) is 0 Å². The average molecular weight is 414 g/mol. The summed E-state index contributed by atoms with van der Waals surface area (Å²) >= 11 is 0. The topological polar surface area (TPSA) is 61.4 Å². The van der Waals surface area contributed by atoms with Crippen LogP contribution in [0.2, 0.25) is 0 Å². The van der Waals surface area contributed by atoms with Crippen molar-refractivity contribution in [3.05, 3.63) is 94.5 Å². The highest BCUT2D eigenvalue weighted by molar-refractivity contribution is 6.07. The highest BCUT2D eigenvalue weighted by Gasteiger charge is 2.31. The molecule has 3 aromatic carbocycles. The van der Waals surface area contributed by atoms with Crippen LogP contribution >= 0.6 is 0 Å². The molecule has 0 aromatic heterocycles. The van der Waals surface area contributed by atoms with E-state index in [0.29, 0.717) is 12.1 Å². The van der Waals surface area contributed by atoms with Gasteiger partial charge in [-0.1, -0.05) is 42.5 Å². The van der Waals surface area contributed by atoms with Crippen LogP contribution in [0.4, 0.5) is 16.2 Å². The number of nitrogens with one attached hydrogen (secondary N) is 2. The first-order valence-corrected chi connectivity index (χ1v) is 10.5. The summed E-state index contributed by atoms with van der Waals surface area (Å²) in [4.78, 5) is 27.4. The van der Waals surface area contributed by atoms with E-state index in [1.807, 2.05) is 79.4 Å². The maximum atomic E-state index is 13.1. The Morgan fingerprint density at radius 2 is 1.77 bits per heavy atom. The molecule has 1 unspecified atom stereocenters. The van der Waals surface area contributed by atoms with Crippen molar-refractivity contribution in [2.45, 2.75) is 39.8 Å². The first kappa shape index (κ1) is 20.7. The van der Waals surface area contributed by atoms with Crippen LogP contribution < -0.4 is 15.5 Å². The first-order chi connectivity index (χ1) is 14.9. The zero-order valence-corrected chi connectivity index (χ0v) is 18.1. The van der Waals surface area contributed by atoms with Crippen molar-refractivity contribution in [2.24, 2.45) is 0 Å². The zero-order chi connectivity index (χ0) is 22.0. The van der Waals surface area contributed by atoms with Gasteiger partial charge < -0.3 is 15.5 Å². The van der Waals surface area contributed by atoms with Gasteiger partial charge >= 0.3 is 6.03 Å². The molecule has 0 radical (unpaired) electrons. The summed E-state index contributed by atoms with van der Waals surface area (Å²) in [5.41, 5.74) is 6.63. The Bertz CT molecular complexity index is 1120. The summed E-state index contributed by atoms with van der Waals surface area (Å²) in [6.07, 6.45) is 0.828. The lowest BCUT2D eigenvalue weighted by Gasteiger charge is -2.23. The van der Waals surface area contributed by atoms with Crippen LogP contribution in [0, 0.1) is 13.8 Å². The number of amides is 3. The van der Waals surface area contributed by atoms with Gasteiger partial charge in [0.1, 0.15) is 0 Å². The number of hydrogen-bond donors (Lipinski definition) is 2. The van der Waals surface area contributed by atoms with Crippen LogP contribution in [-0.4, -0.2) is 18.0 Å². The lowest BCUT2D eigenvalue weighted by Crippen LogP contribution is -2.35. The molecule has 1 heterocycles. The minimum absolute atomic E-state index is 0.00428. The maximum Gasteiger partial charge on any atom is 0.319 e. The van der Waals surface area contributed by atoms with E-state index >= 15 is 0 Å². The third-order valence-electron chi connectivity index (χ3n) is 5.70. The highest BCUT2D eigenvalue weighted by atomic mass is 16.2. The number of nitrogens with zero attached hydrogens (tertiary/aromatic N) is 1. The van der Waals surface area contributed by atoms with Crippen LogP contribution in [0.3, 0.4) is 0 Å². The van der Waals surface area contributed by atoms with Crippen molar-refractivity contribution in [1.29, 1.82) is 0 Å². The molecular formula is C26H27N3O2. The van der Waals surface area contributed by atoms with Crippen molar-refractivity contribution < 1.29 is 9.59 Å². The summed E-state index contributed by atoms with van der Waals surface area (Å²) in [5, 5.41) is 5.83. The van der Waals surface area contributed by atoms with Crippen molar-refractivity contribution >= 4 is 23.3 Å². The van der Waals surface area contributed by atoms with Crippen molar-refractivity contribution in [3.8, 4) is 0 Å². The quantitative estimate of drug-likeness (QED) is 0.616. The van der Waals surface area contributed by atoms with E-state index in [-0.39, 0.29) is 18.0 Å². The second-order valence-corrected chi connectivity index (χ2v) is 8.18. The van der Waals surface area contributed by atoms with Gasteiger partial charge in [0.25, 0.3) is 5.91 Å². The zero-order valence-electron chi connectivity index (χ0n) is 18.1. The summed E-state index contributed by atoms with van der Waals surface area (Å²) in [5.74, 6) is 0.00428. The number of fused-ring (bicyclic) bond motifs is 1. The molecule has 0 bridgehead atoms. The van der Waals surface area contributed by atoms with E-state index in [1.54, 1.807) is 0 Å². The van der Waals surface area contributed by atoms with Crippen LogP contribution in [0.15, 0.2) is 66.7 Å². The number of carbonyl (C=O) groups is 2. The molecule has 158 valence electrons. The third kappa shape index (κ3) is 4.45. The number of anilines is 2. The molecule has 1 atom stereocenters. The molecular weight excluding hydrogens is 386 g/mol. The summed E-state index contributed by atoms with van der Waals surface area (Å²) in [6.45, 7) is 6.41. The second-order valence-electron chi connectivity index (χ2n) is 8.18. The Hall–Kier alpha value is -3.60. The Kier molecular flexibility index (Phi) is 5.76. The fourth-order valence-corrected chi connectivity index (χ4v) is 4.01.